The molecule has 1 heterocycles. The number of aryl methyl sites for hydroxylation is 2. The van der Waals surface area contributed by atoms with E-state index < -0.39 is 6.04 Å². The molecule has 0 saturated carbocycles. The number of aromatic nitrogens is 1. The van der Waals surface area contributed by atoms with Crippen LogP contribution in [0.25, 0.3) is 0 Å². The summed E-state index contributed by atoms with van der Waals surface area (Å²) in [6.07, 6.45) is 0. The van der Waals surface area contributed by atoms with Crippen LogP contribution >= 0.6 is 15.9 Å². The van der Waals surface area contributed by atoms with Gasteiger partial charge in [0.25, 0.3) is 0 Å². The Labute approximate surface area is 120 Å². The molecule has 100 valence electrons. The van der Waals surface area contributed by atoms with Gasteiger partial charge in [0.1, 0.15) is 5.82 Å². The number of benzene rings is 1. The van der Waals surface area contributed by atoms with Crippen molar-refractivity contribution in [1.29, 1.82) is 0 Å². The minimum Gasteiger partial charge on any atom is -0.271 e. The molecule has 0 amide bonds. The largest absolute Gasteiger partial charge is 0.271 e. The molecule has 3 N–H and O–H groups in total. The second-order valence-corrected chi connectivity index (χ2v) is 5.22. The lowest BCUT2D eigenvalue weighted by molar-refractivity contribution is 0.553. The SMILES string of the molecule is Cc1ccc(C(NN)c2cccc(Br)c2F)c(C)n1. The van der Waals surface area contributed by atoms with Crippen LogP contribution in [0.15, 0.2) is 34.8 Å². The third-order valence-electron chi connectivity index (χ3n) is 3.04. The predicted molar refractivity (Wildman–Crippen MR) is 77.0 cm³/mol. The lowest BCUT2D eigenvalue weighted by atomic mass is 9.97. The van der Waals surface area contributed by atoms with Crippen LogP contribution in [-0.4, -0.2) is 4.98 Å². The van der Waals surface area contributed by atoms with Gasteiger partial charge in [-0.1, -0.05) is 18.2 Å². The van der Waals surface area contributed by atoms with E-state index in [1.54, 1.807) is 18.2 Å². The average Bonchev–Trinajstić information content (AvgIpc) is 2.37. The van der Waals surface area contributed by atoms with E-state index in [1.807, 2.05) is 26.0 Å². The second kappa shape index (κ2) is 5.77. The molecule has 0 aliphatic carbocycles. The molecule has 0 aliphatic heterocycles. The van der Waals surface area contributed by atoms with Gasteiger partial charge in [0.05, 0.1) is 10.5 Å². The fraction of sp³-hybridized carbons (Fsp3) is 0.214. The maximum Gasteiger partial charge on any atom is 0.142 e. The van der Waals surface area contributed by atoms with Crippen LogP contribution < -0.4 is 11.3 Å². The molecule has 1 aromatic heterocycles. The zero-order valence-corrected chi connectivity index (χ0v) is 12.3. The summed E-state index contributed by atoms with van der Waals surface area (Å²) in [5.74, 6) is 5.29. The van der Waals surface area contributed by atoms with E-state index in [4.69, 9.17) is 5.84 Å². The number of nitrogens with zero attached hydrogens (tertiary/aromatic N) is 1. The first-order valence-electron chi connectivity index (χ1n) is 5.88. The van der Waals surface area contributed by atoms with Crippen molar-refractivity contribution in [3.05, 3.63) is 63.1 Å². The summed E-state index contributed by atoms with van der Waals surface area (Å²) in [6.45, 7) is 3.81. The number of pyridine rings is 1. The minimum absolute atomic E-state index is 0.314. The molecule has 3 nitrogen and oxygen atoms in total. The first-order valence-corrected chi connectivity index (χ1v) is 6.68. The Morgan fingerprint density at radius 1 is 1.21 bits per heavy atom. The fourth-order valence-electron chi connectivity index (χ4n) is 2.09. The Morgan fingerprint density at radius 2 is 1.95 bits per heavy atom. The molecule has 2 aromatic rings. The van der Waals surface area contributed by atoms with Crippen molar-refractivity contribution < 1.29 is 4.39 Å². The molecular formula is C14H15BrFN3. The Bertz CT molecular complexity index is 601. The van der Waals surface area contributed by atoms with Gasteiger partial charge in [-0.15, -0.1) is 0 Å². The van der Waals surface area contributed by atoms with E-state index in [-0.39, 0.29) is 5.82 Å². The molecule has 0 radical (unpaired) electrons. The van der Waals surface area contributed by atoms with Crippen molar-refractivity contribution in [2.75, 3.05) is 0 Å². The number of nitrogens with two attached hydrogens (primary N) is 1. The molecule has 0 aliphatic rings. The highest BCUT2D eigenvalue weighted by Crippen LogP contribution is 2.29. The van der Waals surface area contributed by atoms with Crippen LogP contribution in [0.1, 0.15) is 28.6 Å². The van der Waals surface area contributed by atoms with Crippen LogP contribution in [0.5, 0.6) is 0 Å². The second-order valence-electron chi connectivity index (χ2n) is 4.37. The standard InChI is InChI=1S/C14H15BrFN3/c1-8-6-7-10(9(2)18-8)14(19-17)11-4-3-5-12(15)13(11)16/h3-7,14,19H,17H2,1-2H3. The van der Waals surface area contributed by atoms with E-state index in [9.17, 15) is 4.39 Å². The van der Waals surface area contributed by atoms with Gasteiger partial charge in [-0.25, -0.2) is 9.82 Å². The van der Waals surface area contributed by atoms with E-state index >= 15 is 0 Å². The molecule has 1 atom stereocenters. The predicted octanol–water partition coefficient (Wildman–Crippen LogP) is 3.15. The van der Waals surface area contributed by atoms with E-state index in [2.05, 4.69) is 26.3 Å². The number of rotatable bonds is 3. The molecule has 0 fully saturated rings. The maximum absolute atomic E-state index is 14.2. The Morgan fingerprint density at radius 3 is 2.58 bits per heavy atom. The molecule has 0 saturated heterocycles. The van der Waals surface area contributed by atoms with Gasteiger partial charge >= 0.3 is 0 Å². The first kappa shape index (κ1) is 14.1. The number of hydrogen-bond donors (Lipinski definition) is 2. The van der Waals surface area contributed by atoms with E-state index in [0.717, 1.165) is 17.0 Å². The quantitative estimate of drug-likeness (QED) is 0.674. The molecule has 0 spiro atoms. The van der Waals surface area contributed by atoms with Crippen molar-refractivity contribution in [1.82, 2.24) is 10.4 Å². The zero-order valence-electron chi connectivity index (χ0n) is 10.7. The number of hydrazine groups is 1. The highest BCUT2D eigenvalue weighted by molar-refractivity contribution is 9.10. The summed E-state index contributed by atoms with van der Waals surface area (Å²) in [4.78, 5) is 4.39. The topological polar surface area (TPSA) is 50.9 Å². The van der Waals surface area contributed by atoms with Gasteiger partial charge < -0.3 is 0 Å². The van der Waals surface area contributed by atoms with Crippen molar-refractivity contribution in [2.45, 2.75) is 19.9 Å². The van der Waals surface area contributed by atoms with Crippen LogP contribution in [0.4, 0.5) is 4.39 Å². The summed E-state index contributed by atoms with van der Waals surface area (Å²) in [5.41, 5.74) is 5.78. The molecule has 1 aromatic carbocycles. The van der Waals surface area contributed by atoms with Gasteiger partial charge in [-0.3, -0.25) is 10.8 Å². The monoisotopic (exact) mass is 323 g/mol. The van der Waals surface area contributed by atoms with Crippen LogP contribution in [0, 0.1) is 19.7 Å². The molecule has 5 heteroatoms. The number of halogens is 2. The number of hydrogen-bond acceptors (Lipinski definition) is 3. The molecule has 0 bridgehead atoms. The maximum atomic E-state index is 14.2. The minimum atomic E-state index is -0.425. The van der Waals surface area contributed by atoms with Gasteiger partial charge in [-0.2, -0.15) is 0 Å². The highest BCUT2D eigenvalue weighted by Gasteiger charge is 2.20. The molecular weight excluding hydrogens is 309 g/mol. The van der Waals surface area contributed by atoms with Crippen molar-refractivity contribution in [2.24, 2.45) is 5.84 Å². The van der Waals surface area contributed by atoms with Crippen molar-refractivity contribution in [3.8, 4) is 0 Å². The van der Waals surface area contributed by atoms with E-state index in [1.165, 1.54) is 0 Å². The first-order chi connectivity index (χ1) is 9.04. The highest BCUT2D eigenvalue weighted by atomic mass is 79.9. The Kier molecular flexibility index (Phi) is 4.29. The summed E-state index contributed by atoms with van der Waals surface area (Å²) < 4.78 is 14.6. The molecule has 2 rings (SSSR count). The van der Waals surface area contributed by atoms with E-state index in [0.29, 0.717) is 10.0 Å². The van der Waals surface area contributed by atoms with Gasteiger partial charge in [0, 0.05) is 17.0 Å². The third kappa shape index (κ3) is 2.83. The lowest BCUT2D eigenvalue weighted by Gasteiger charge is -2.19. The lowest BCUT2D eigenvalue weighted by Crippen LogP contribution is -2.30. The third-order valence-corrected chi connectivity index (χ3v) is 3.65. The summed E-state index contributed by atoms with van der Waals surface area (Å²) in [6, 6.07) is 8.54. The molecule has 19 heavy (non-hydrogen) atoms. The van der Waals surface area contributed by atoms with Crippen LogP contribution in [-0.2, 0) is 0 Å². The smallest absolute Gasteiger partial charge is 0.142 e. The fourth-order valence-corrected chi connectivity index (χ4v) is 2.47. The van der Waals surface area contributed by atoms with Gasteiger partial charge in [0.15, 0.2) is 0 Å². The van der Waals surface area contributed by atoms with Crippen molar-refractivity contribution in [3.63, 3.8) is 0 Å². The summed E-state index contributed by atoms with van der Waals surface area (Å²) in [7, 11) is 0. The van der Waals surface area contributed by atoms with Crippen LogP contribution in [0.3, 0.4) is 0 Å². The summed E-state index contributed by atoms with van der Waals surface area (Å²) in [5, 5.41) is 0. The Hall–Kier alpha value is -1.30. The average molecular weight is 324 g/mol. The van der Waals surface area contributed by atoms with Gasteiger partial charge in [-0.05, 0) is 47.5 Å². The van der Waals surface area contributed by atoms with Gasteiger partial charge in [0.2, 0.25) is 0 Å². The Balaban J connectivity index is 2.53. The van der Waals surface area contributed by atoms with Crippen molar-refractivity contribution >= 4 is 15.9 Å². The van der Waals surface area contributed by atoms with Crippen LogP contribution in [0.2, 0.25) is 0 Å². The molecule has 1 unspecified atom stereocenters. The number of nitrogens with one attached hydrogen (secondary N) is 1. The zero-order chi connectivity index (χ0) is 14.0. The summed E-state index contributed by atoms with van der Waals surface area (Å²) >= 11 is 3.19. The normalized spacial score (nSPS) is 12.5.